The minimum absolute atomic E-state index is 0.0104. The molecule has 1 aromatic rings. The normalized spacial score (nSPS) is 10.1. The van der Waals surface area contributed by atoms with Crippen LogP contribution in [-0.2, 0) is 6.54 Å². The lowest BCUT2D eigenvalue weighted by atomic mass is 10.1. The van der Waals surface area contributed by atoms with Crippen LogP contribution in [0.3, 0.4) is 0 Å². The van der Waals surface area contributed by atoms with Gasteiger partial charge >= 0.3 is 0 Å². The molecule has 0 aliphatic heterocycles. The van der Waals surface area contributed by atoms with Crippen LogP contribution in [0.4, 0.5) is 0 Å². The van der Waals surface area contributed by atoms with Crippen molar-refractivity contribution in [1.82, 2.24) is 5.32 Å². The third-order valence-corrected chi connectivity index (χ3v) is 2.39. The van der Waals surface area contributed by atoms with Gasteiger partial charge in [-0.25, -0.2) is 0 Å². The average Bonchev–Trinajstić information content (AvgIpc) is 2.23. The highest BCUT2D eigenvalue weighted by atomic mass is 35.5. The van der Waals surface area contributed by atoms with Crippen LogP contribution in [0.15, 0.2) is 6.07 Å². The number of benzene rings is 1. The molecule has 2 N–H and O–H groups in total. The zero-order valence-electron chi connectivity index (χ0n) is 8.93. The van der Waals surface area contributed by atoms with Gasteiger partial charge in [0.2, 0.25) is 5.75 Å². The van der Waals surface area contributed by atoms with Crippen LogP contribution >= 0.6 is 11.6 Å². The summed E-state index contributed by atoms with van der Waals surface area (Å²) in [5, 5.41) is 13.2. The number of aromatic hydroxyl groups is 1. The highest BCUT2D eigenvalue weighted by Gasteiger charge is 2.17. The first-order valence-electron chi connectivity index (χ1n) is 4.42. The van der Waals surface area contributed by atoms with Gasteiger partial charge in [0, 0.05) is 18.2 Å². The van der Waals surface area contributed by atoms with Crippen LogP contribution in [-0.4, -0.2) is 26.4 Å². The van der Waals surface area contributed by atoms with Crippen LogP contribution in [0.25, 0.3) is 0 Å². The first-order chi connectivity index (χ1) is 7.15. The predicted octanol–water partition coefficient (Wildman–Crippen LogP) is 1.78. The zero-order chi connectivity index (χ0) is 11.4. The minimum Gasteiger partial charge on any atom is -0.504 e. The van der Waals surface area contributed by atoms with Crippen molar-refractivity contribution in [3.05, 3.63) is 16.7 Å². The fourth-order valence-electron chi connectivity index (χ4n) is 1.33. The van der Waals surface area contributed by atoms with E-state index in [0.717, 1.165) is 0 Å². The second-order valence-corrected chi connectivity index (χ2v) is 3.36. The highest BCUT2D eigenvalue weighted by molar-refractivity contribution is 6.31. The zero-order valence-corrected chi connectivity index (χ0v) is 9.68. The van der Waals surface area contributed by atoms with Gasteiger partial charge in [-0.05, 0) is 7.05 Å². The van der Waals surface area contributed by atoms with Crippen molar-refractivity contribution in [3.63, 3.8) is 0 Å². The number of hydrogen-bond acceptors (Lipinski definition) is 4. The Morgan fingerprint density at radius 2 is 2.07 bits per heavy atom. The van der Waals surface area contributed by atoms with E-state index < -0.39 is 0 Å². The smallest absolute Gasteiger partial charge is 0.203 e. The Kier molecular flexibility index (Phi) is 4.05. The number of nitrogens with one attached hydrogen (secondary N) is 1. The quantitative estimate of drug-likeness (QED) is 0.830. The van der Waals surface area contributed by atoms with E-state index in [-0.39, 0.29) is 5.75 Å². The van der Waals surface area contributed by atoms with Crippen molar-refractivity contribution in [2.24, 2.45) is 0 Å². The maximum Gasteiger partial charge on any atom is 0.203 e. The van der Waals surface area contributed by atoms with E-state index in [9.17, 15) is 5.11 Å². The standard InChI is InChI=1S/C10H14ClNO3/c1-12-5-6-7(11)4-8(14-2)10(15-3)9(6)13/h4,12-13H,5H2,1-3H3. The Morgan fingerprint density at radius 3 is 2.53 bits per heavy atom. The molecule has 84 valence electrons. The van der Waals surface area contributed by atoms with Gasteiger partial charge in [-0.3, -0.25) is 0 Å². The second kappa shape index (κ2) is 5.09. The fourth-order valence-corrected chi connectivity index (χ4v) is 1.58. The molecule has 4 nitrogen and oxygen atoms in total. The summed E-state index contributed by atoms with van der Waals surface area (Å²) in [5.41, 5.74) is 0.594. The monoisotopic (exact) mass is 231 g/mol. The van der Waals surface area contributed by atoms with Crippen LogP contribution in [0, 0.1) is 0 Å². The molecule has 0 fully saturated rings. The van der Waals surface area contributed by atoms with Gasteiger partial charge in [-0.15, -0.1) is 0 Å². The summed E-state index contributed by atoms with van der Waals surface area (Å²) in [4.78, 5) is 0. The lowest BCUT2D eigenvalue weighted by Crippen LogP contribution is -2.06. The molecule has 1 rings (SSSR count). The molecule has 1 aromatic carbocycles. The van der Waals surface area contributed by atoms with E-state index in [4.69, 9.17) is 21.1 Å². The van der Waals surface area contributed by atoms with Gasteiger partial charge in [0.1, 0.15) is 0 Å². The van der Waals surface area contributed by atoms with Crippen LogP contribution in [0.2, 0.25) is 5.02 Å². The second-order valence-electron chi connectivity index (χ2n) is 2.95. The molecule has 0 saturated carbocycles. The van der Waals surface area contributed by atoms with Gasteiger partial charge in [0.05, 0.1) is 19.2 Å². The SMILES string of the molecule is CNCc1c(Cl)cc(OC)c(OC)c1O. The van der Waals surface area contributed by atoms with Gasteiger partial charge in [-0.2, -0.15) is 0 Å². The third-order valence-electron chi connectivity index (χ3n) is 2.05. The Bertz CT molecular complexity index is 355. The summed E-state index contributed by atoms with van der Waals surface area (Å²) >= 11 is 5.99. The minimum atomic E-state index is 0.0104. The van der Waals surface area contributed by atoms with E-state index >= 15 is 0 Å². The first-order valence-corrected chi connectivity index (χ1v) is 4.80. The highest BCUT2D eigenvalue weighted by Crippen LogP contribution is 2.42. The molecular weight excluding hydrogens is 218 g/mol. The van der Waals surface area contributed by atoms with E-state index in [2.05, 4.69) is 5.32 Å². The summed E-state index contributed by atoms with van der Waals surface area (Å²) in [6.07, 6.45) is 0. The van der Waals surface area contributed by atoms with Crippen molar-refractivity contribution in [3.8, 4) is 17.2 Å². The van der Waals surface area contributed by atoms with Gasteiger partial charge in [0.25, 0.3) is 0 Å². The lowest BCUT2D eigenvalue weighted by Gasteiger charge is -2.14. The van der Waals surface area contributed by atoms with E-state index in [1.54, 1.807) is 13.1 Å². The van der Waals surface area contributed by atoms with Crippen LogP contribution in [0.5, 0.6) is 17.2 Å². The number of phenolic OH excluding ortho intramolecular Hbond substituents is 1. The Hall–Kier alpha value is -1.13. The number of ether oxygens (including phenoxy) is 2. The van der Waals surface area contributed by atoms with Crippen molar-refractivity contribution < 1.29 is 14.6 Å². The summed E-state index contributed by atoms with van der Waals surface area (Å²) in [7, 11) is 4.73. The van der Waals surface area contributed by atoms with E-state index in [0.29, 0.717) is 28.6 Å². The van der Waals surface area contributed by atoms with Crippen LogP contribution in [0.1, 0.15) is 5.56 Å². The van der Waals surface area contributed by atoms with Gasteiger partial charge in [0.15, 0.2) is 11.5 Å². The third kappa shape index (κ3) is 2.27. The Labute approximate surface area is 93.8 Å². The molecule has 0 saturated heterocycles. The molecule has 0 aromatic heterocycles. The topological polar surface area (TPSA) is 50.7 Å². The first kappa shape index (κ1) is 11.9. The molecular formula is C10H14ClNO3. The van der Waals surface area contributed by atoms with Gasteiger partial charge < -0.3 is 19.9 Å². The molecule has 15 heavy (non-hydrogen) atoms. The number of methoxy groups -OCH3 is 2. The van der Waals surface area contributed by atoms with Gasteiger partial charge in [-0.1, -0.05) is 11.6 Å². The largest absolute Gasteiger partial charge is 0.504 e. The number of halogens is 1. The lowest BCUT2D eigenvalue weighted by molar-refractivity contribution is 0.331. The molecule has 0 spiro atoms. The molecule has 0 bridgehead atoms. The van der Waals surface area contributed by atoms with Crippen LogP contribution < -0.4 is 14.8 Å². The van der Waals surface area contributed by atoms with Crippen molar-refractivity contribution >= 4 is 11.6 Å². The van der Waals surface area contributed by atoms with E-state index in [1.165, 1.54) is 14.2 Å². The molecule has 0 aliphatic rings. The van der Waals surface area contributed by atoms with Crippen molar-refractivity contribution in [1.29, 1.82) is 0 Å². The molecule has 0 radical (unpaired) electrons. The number of phenols is 1. The molecule has 0 aliphatic carbocycles. The summed E-state index contributed by atoms with van der Waals surface area (Å²) < 4.78 is 10.1. The van der Waals surface area contributed by atoms with Crippen molar-refractivity contribution in [2.75, 3.05) is 21.3 Å². The summed E-state index contributed by atoms with van der Waals surface area (Å²) in [6, 6.07) is 1.62. The Balaban J connectivity index is 3.31. The molecule has 0 atom stereocenters. The maximum atomic E-state index is 9.88. The molecule has 0 heterocycles. The molecule has 0 amide bonds. The number of rotatable bonds is 4. The fraction of sp³-hybridized carbons (Fsp3) is 0.400. The Morgan fingerprint density at radius 1 is 1.40 bits per heavy atom. The molecule has 5 heteroatoms. The maximum absolute atomic E-state index is 9.88. The summed E-state index contributed by atoms with van der Waals surface area (Å²) in [5.74, 6) is 0.725. The van der Waals surface area contributed by atoms with E-state index in [1.807, 2.05) is 0 Å². The number of hydrogen-bond donors (Lipinski definition) is 2. The predicted molar refractivity (Wildman–Crippen MR) is 59.0 cm³/mol. The summed E-state index contributed by atoms with van der Waals surface area (Å²) in [6.45, 7) is 0.463. The molecule has 0 unspecified atom stereocenters. The van der Waals surface area contributed by atoms with Crippen molar-refractivity contribution in [2.45, 2.75) is 6.54 Å². The average molecular weight is 232 g/mol.